The molecule has 0 aromatic heterocycles. The largest absolute Gasteiger partial charge is 0.281 e. The predicted octanol–water partition coefficient (Wildman–Crippen LogP) is 0.870. The molecule has 0 N–H and O–H groups in total. The fraction of sp³-hybridized carbons (Fsp3) is 0.538. The molecule has 9 heteroatoms. The van der Waals surface area contributed by atoms with Gasteiger partial charge in [0.2, 0.25) is 0 Å². The Morgan fingerprint density at radius 1 is 1.14 bits per heavy atom. The summed E-state index contributed by atoms with van der Waals surface area (Å²) in [7, 11) is -4.51. The van der Waals surface area contributed by atoms with E-state index in [1.807, 2.05) is 0 Å². The summed E-state index contributed by atoms with van der Waals surface area (Å²) >= 11 is 0. The van der Waals surface area contributed by atoms with E-state index < -0.39 is 31.1 Å². The zero-order valence-electron chi connectivity index (χ0n) is 12.4. The molecule has 0 radical (unpaired) electrons. The number of benzene rings is 1. The third-order valence-electron chi connectivity index (χ3n) is 3.71. The zero-order chi connectivity index (χ0) is 16.5. The lowest BCUT2D eigenvalue weighted by atomic mass is 10.2. The van der Waals surface area contributed by atoms with Gasteiger partial charge in [-0.2, -0.15) is 17.0 Å². The van der Waals surface area contributed by atoms with Gasteiger partial charge in [0.05, 0.1) is 10.1 Å². The Kier molecular flexibility index (Phi) is 4.90. The van der Waals surface area contributed by atoms with Crippen LogP contribution in [0, 0.1) is 5.82 Å². The molecule has 1 aromatic rings. The van der Waals surface area contributed by atoms with Crippen LogP contribution in [0.4, 0.5) is 4.39 Å². The summed E-state index contributed by atoms with van der Waals surface area (Å²) in [6.07, 6.45) is 0.858. The number of piperidine rings is 1. The summed E-state index contributed by atoms with van der Waals surface area (Å²) in [6.45, 7) is 0.218. The van der Waals surface area contributed by atoms with Crippen molar-refractivity contribution in [1.82, 2.24) is 8.61 Å². The molecule has 124 valence electrons. The average molecular weight is 350 g/mol. The summed E-state index contributed by atoms with van der Waals surface area (Å²) in [5.41, 5.74) is 0. The van der Waals surface area contributed by atoms with Crippen LogP contribution in [0.25, 0.3) is 0 Å². The SMILES string of the molecule is CN(C)S(=O)(=O)N1CCC[C@@H](S(=O)(=O)c2ccc(F)cc2)C1. The Morgan fingerprint density at radius 3 is 2.27 bits per heavy atom. The van der Waals surface area contributed by atoms with Gasteiger partial charge in [0.1, 0.15) is 5.82 Å². The van der Waals surface area contributed by atoms with Crippen molar-refractivity contribution in [3.05, 3.63) is 30.1 Å². The lowest BCUT2D eigenvalue weighted by molar-refractivity contribution is 0.324. The van der Waals surface area contributed by atoms with Crippen LogP contribution in [-0.2, 0) is 20.0 Å². The minimum atomic E-state index is -3.69. The van der Waals surface area contributed by atoms with Crippen LogP contribution in [0.5, 0.6) is 0 Å². The molecule has 1 aliphatic heterocycles. The van der Waals surface area contributed by atoms with Gasteiger partial charge >= 0.3 is 0 Å². The second-order valence-electron chi connectivity index (χ2n) is 5.41. The van der Waals surface area contributed by atoms with Crippen molar-refractivity contribution in [1.29, 1.82) is 0 Å². The van der Waals surface area contributed by atoms with Crippen molar-refractivity contribution in [3.8, 4) is 0 Å². The highest BCUT2D eigenvalue weighted by atomic mass is 32.2. The number of hydrogen-bond donors (Lipinski definition) is 0. The molecule has 1 atom stereocenters. The van der Waals surface area contributed by atoms with Crippen molar-refractivity contribution in [2.75, 3.05) is 27.2 Å². The quantitative estimate of drug-likeness (QED) is 0.755. The maximum atomic E-state index is 12.9. The molecule has 1 aromatic carbocycles. The van der Waals surface area contributed by atoms with E-state index >= 15 is 0 Å². The van der Waals surface area contributed by atoms with Crippen molar-refractivity contribution < 1.29 is 21.2 Å². The highest BCUT2D eigenvalue weighted by Gasteiger charge is 2.37. The number of nitrogens with zero attached hydrogens (tertiary/aromatic N) is 2. The van der Waals surface area contributed by atoms with Crippen LogP contribution >= 0.6 is 0 Å². The van der Waals surface area contributed by atoms with E-state index in [-0.39, 0.29) is 11.4 Å². The molecule has 1 heterocycles. The third-order valence-corrected chi connectivity index (χ3v) is 7.81. The maximum Gasteiger partial charge on any atom is 0.281 e. The number of halogens is 1. The van der Waals surface area contributed by atoms with Gasteiger partial charge in [0.25, 0.3) is 10.2 Å². The maximum absolute atomic E-state index is 12.9. The van der Waals surface area contributed by atoms with Gasteiger partial charge in [-0.15, -0.1) is 0 Å². The van der Waals surface area contributed by atoms with Crippen molar-refractivity contribution in [2.24, 2.45) is 0 Å². The Morgan fingerprint density at radius 2 is 1.73 bits per heavy atom. The van der Waals surface area contributed by atoms with Gasteiger partial charge in [-0.25, -0.2) is 12.8 Å². The van der Waals surface area contributed by atoms with Crippen LogP contribution in [0.15, 0.2) is 29.2 Å². The highest BCUT2D eigenvalue weighted by molar-refractivity contribution is 7.92. The number of hydrogen-bond acceptors (Lipinski definition) is 4. The predicted molar refractivity (Wildman–Crippen MR) is 80.8 cm³/mol. The van der Waals surface area contributed by atoms with E-state index in [1.165, 1.54) is 30.5 Å². The fourth-order valence-electron chi connectivity index (χ4n) is 2.42. The van der Waals surface area contributed by atoms with Crippen molar-refractivity contribution >= 4 is 20.0 Å². The molecule has 22 heavy (non-hydrogen) atoms. The first kappa shape index (κ1) is 17.3. The monoisotopic (exact) mass is 350 g/mol. The Labute approximate surface area is 130 Å². The molecule has 0 bridgehead atoms. The van der Waals surface area contributed by atoms with Crippen LogP contribution in [0.1, 0.15) is 12.8 Å². The molecule has 0 amide bonds. The normalized spacial score (nSPS) is 21.2. The van der Waals surface area contributed by atoms with Crippen molar-refractivity contribution in [3.63, 3.8) is 0 Å². The fourth-order valence-corrected chi connectivity index (χ4v) is 5.45. The van der Waals surface area contributed by atoms with Crippen LogP contribution in [0.2, 0.25) is 0 Å². The minimum Gasteiger partial charge on any atom is -0.223 e. The Bertz CT molecular complexity index is 730. The zero-order valence-corrected chi connectivity index (χ0v) is 14.1. The van der Waals surface area contributed by atoms with Crippen LogP contribution < -0.4 is 0 Å². The number of rotatable bonds is 4. The molecule has 0 aliphatic carbocycles. The van der Waals surface area contributed by atoms with Gasteiger partial charge in [-0.05, 0) is 37.1 Å². The van der Waals surface area contributed by atoms with E-state index in [0.717, 1.165) is 16.4 Å². The summed E-state index contributed by atoms with van der Waals surface area (Å²) in [5.74, 6) is -0.514. The van der Waals surface area contributed by atoms with Crippen LogP contribution in [-0.4, -0.2) is 57.9 Å². The first-order chi connectivity index (χ1) is 10.2. The molecule has 6 nitrogen and oxygen atoms in total. The summed E-state index contributed by atoms with van der Waals surface area (Å²) in [4.78, 5) is 0.0167. The molecule has 0 spiro atoms. The third kappa shape index (κ3) is 3.32. The van der Waals surface area contributed by atoms with Gasteiger partial charge in [-0.1, -0.05) is 0 Å². The van der Waals surface area contributed by atoms with Gasteiger partial charge in [-0.3, -0.25) is 0 Å². The molecule has 0 saturated carbocycles. The van der Waals surface area contributed by atoms with E-state index in [0.29, 0.717) is 19.4 Å². The van der Waals surface area contributed by atoms with E-state index in [4.69, 9.17) is 0 Å². The molecule has 0 unspecified atom stereocenters. The Balaban J connectivity index is 2.27. The first-order valence-corrected chi connectivity index (χ1v) is 9.77. The van der Waals surface area contributed by atoms with Crippen LogP contribution in [0.3, 0.4) is 0 Å². The first-order valence-electron chi connectivity index (χ1n) is 6.83. The lowest BCUT2D eigenvalue weighted by Crippen LogP contribution is -2.48. The molecular formula is C13H19FN2O4S2. The second-order valence-corrected chi connectivity index (χ2v) is 9.78. The topological polar surface area (TPSA) is 74.8 Å². The Hall–Kier alpha value is -1.03. The molecule has 1 saturated heterocycles. The summed E-state index contributed by atoms with van der Waals surface area (Å²) in [6, 6.07) is 4.60. The average Bonchev–Trinajstić information content (AvgIpc) is 2.47. The minimum absolute atomic E-state index is 0.0167. The molecule has 2 rings (SSSR count). The highest BCUT2D eigenvalue weighted by Crippen LogP contribution is 2.25. The van der Waals surface area contributed by atoms with Gasteiger partial charge < -0.3 is 0 Å². The van der Waals surface area contributed by atoms with Crippen molar-refractivity contribution in [2.45, 2.75) is 23.0 Å². The smallest absolute Gasteiger partial charge is 0.223 e. The van der Waals surface area contributed by atoms with E-state index in [2.05, 4.69) is 0 Å². The molecular weight excluding hydrogens is 331 g/mol. The molecule has 1 aliphatic rings. The summed E-state index contributed by atoms with van der Waals surface area (Å²) < 4.78 is 64.6. The summed E-state index contributed by atoms with van der Waals surface area (Å²) in [5, 5.41) is -0.818. The van der Waals surface area contributed by atoms with E-state index in [1.54, 1.807) is 0 Å². The molecule has 1 fully saturated rings. The second kappa shape index (κ2) is 6.23. The van der Waals surface area contributed by atoms with Gasteiger partial charge in [0, 0.05) is 27.2 Å². The lowest BCUT2D eigenvalue weighted by Gasteiger charge is -2.33. The number of sulfone groups is 1. The standard InChI is InChI=1S/C13H19FN2O4S2/c1-15(2)22(19,20)16-9-3-4-13(10-16)21(17,18)12-7-5-11(14)6-8-12/h5-8,13H,3-4,9-10H2,1-2H3/t13-/m1/s1. The van der Waals surface area contributed by atoms with Gasteiger partial charge in [0.15, 0.2) is 9.84 Å². The van der Waals surface area contributed by atoms with E-state index in [9.17, 15) is 21.2 Å².